The van der Waals surface area contributed by atoms with E-state index in [1.807, 2.05) is 39.1 Å². The molecule has 2 aliphatic heterocycles. The van der Waals surface area contributed by atoms with Crippen molar-refractivity contribution >= 4 is 23.3 Å². The number of fused-ring (bicyclic) bond motifs is 2. The summed E-state index contributed by atoms with van der Waals surface area (Å²) in [4.78, 5) is 30.0. The Morgan fingerprint density at radius 3 is 2.51 bits per heavy atom. The predicted octanol–water partition coefficient (Wildman–Crippen LogP) is 4.48. The summed E-state index contributed by atoms with van der Waals surface area (Å²) >= 11 is 0. The average Bonchev–Trinajstić information content (AvgIpc) is 3.46. The molecule has 0 fully saturated rings. The molecule has 3 amide bonds. The number of nitrogens with one attached hydrogen (secondary N) is 2. The van der Waals surface area contributed by atoms with Crippen molar-refractivity contribution in [2.45, 2.75) is 39.0 Å². The molecule has 3 atom stereocenters. The lowest BCUT2D eigenvalue weighted by Crippen LogP contribution is -2.47. The van der Waals surface area contributed by atoms with Gasteiger partial charge < -0.3 is 34.9 Å². The van der Waals surface area contributed by atoms with Crippen molar-refractivity contribution in [3.63, 3.8) is 0 Å². The first-order valence-electron chi connectivity index (χ1n) is 14.3. The number of ether oxygens (including phenoxy) is 3. The number of halogens is 1. The summed E-state index contributed by atoms with van der Waals surface area (Å²) < 4.78 is 30.8. The van der Waals surface area contributed by atoms with Crippen molar-refractivity contribution in [2.75, 3.05) is 44.2 Å². The zero-order chi connectivity index (χ0) is 30.5. The molecule has 2 heterocycles. The summed E-state index contributed by atoms with van der Waals surface area (Å²) in [5.74, 6) is 1.44. The van der Waals surface area contributed by atoms with E-state index >= 15 is 0 Å². The molecule has 3 aromatic rings. The Labute approximate surface area is 250 Å². The predicted molar refractivity (Wildman–Crippen MR) is 160 cm³/mol. The largest absolute Gasteiger partial charge is 0.488 e. The van der Waals surface area contributed by atoms with E-state index < -0.39 is 11.8 Å². The number of aliphatic hydroxyl groups is 1. The number of hydrogen-bond donors (Lipinski definition) is 3. The Hall–Kier alpha value is -4.35. The molecule has 11 heteroatoms. The highest BCUT2D eigenvalue weighted by Crippen LogP contribution is 2.33. The summed E-state index contributed by atoms with van der Waals surface area (Å²) in [6.45, 7) is 5.57. The molecule has 0 spiro atoms. The van der Waals surface area contributed by atoms with Gasteiger partial charge in [0, 0.05) is 42.5 Å². The first kappa shape index (κ1) is 30.1. The minimum atomic E-state index is -0.506. The van der Waals surface area contributed by atoms with Gasteiger partial charge in [0.15, 0.2) is 11.5 Å². The number of aliphatic hydroxyl groups excluding tert-OH is 1. The molecule has 0 radical (unpaired) electrons. The molecule has 0 aromatic heterocycles. The van der Waals surface area contributed by atoms with E-state index in [1.165, 1.54) is 24.3 Å². The van der Waals surface area contributed by atoms with Crippen LogP contribution < -0.4 is 24.8 Å². The molecule has 3 N–H and O–H groups in total. The van der Waals surface area contributed by atoms with Crippen molar-refractivity contribution in [2.24, 2.45) is 5.92 Å². The summed E-state index contributed by atoms with van der Waals surface area (Å²) in [7, 11) is 2.01. The standard InChI is InChI=1S/C32H37FN4O6/c1-20-15-37(21(2)18-38)31(39)14-23-13-26(35-32(40)34-25-7-5-24(33)6-8-25)9-11-27(23)43-30(20)17-36(3)16-22-4-10-28-29(12-22)42-19-41-28/h4-13,20-21,30,38H,14-19H2,1-3H3,(H2,34,35,40)/t20-,21-,30+/m0/s1. The molecule has 228 valence electrons. The third-order valence-electron chi connectivity index (χ3n) is 7.66. The van der Waals surface area contributed by atoms with E-state index in [0.29, 0.717) is 42.3 Å². The number of carbonyl (C=O) groups excluding carboxylic acids is 2. The molecule has 43 heavy (non-hydrogen) atoms. The van der Waals surface area contributed by atoms with Gasteiger partial charge in [-0.25, -0.2) is 9.18 Å². The van der Waals surface area contributed by atoms with Gasteiger partial charge in [0.1, 0.15) is 17.7 Å². The van der Waals surface area contributed by atoms with Crippen LogP contribution in [0.3, 0.4) is 0 Å². The number of likely N-dealkylation sites (N-methyl/N-ethyl adjacent to an activating group) is 1. The van der Waals surface area contributed by atoms with Crippen LogP contribution in [0.25, 0.3) is 0 Å². The van der Waals surface area contributed by atoms with Gasteiger partial charge in [-0.1, -0.05) is 13.0 Å². The van der Waals surface area contributed by atoms with Crippen molar-refractivity contribution in [3.8, 4) is 17.2 Å². The maximum absolute atomic E-state index is 13.5. The lowest BCUT2D eigenvalue weighted by atomic mass is 10.0. The van der Waals surface area contributed by atoms with Gasteiger partial charge in [-0.05, 0) is 74.1 Å². The van der Waals surface area contributed by atoms with Crippen LogP contribution >= 0.6 is 0 Å². The zero-order valence-electron chi connectivity index (χ0n) is 24.5. The first-order valence-corrected chi connectivity index (χ1v) is 14.3. The van der Waals surface area contributed by atoms with E-state index in [1.54, 1.807) is 23.1 Å². The molecular formula is C32H37FN4O6. The second-order valence-corrected chi connectivity index (χ2v) is 11.2. The van der Waals surface area contributed by atoms with Crippen LogP contribution in [0.5, 0.6) is 17.2 Å². The average molecular weight is 593 g/mol. The highest BCUT2D eigenvalue weighted by atomic mass is 19.1. The number of hydrogen-bond acceptors (Lipinski definition) is 7. The van der Waals surface area contributed by atoms with E-state index in [9.17, 15) is 19.1 Å². The molecule has 5 rings (SSSR count). The Morgan fingerprint density at radius 2 is 1.74 bits per heavy atom. The number of urea groups is 1. The number of rotatable bonds is 8. The summed E-state index contributed by atoms with van der Waals surface area (Å²) in [6, 6.07) is 15.7. The van der Waals surface area contributed by atoms with Gasteiger partial charge in [-0.15, -0.1) is 0 Å². The zero-order valence-corrected chi connectivity index (χ0v) is 24.5. The topological polar surface area (TPSA) is 113 Å². The van der Waals surface area contributed by atoms with Crippen molar-refractivity contribution in [3.05, 3.63) is 77.6 Å². The van der Waals surface area contributed by atoms with E-state index in [-0.39, 0.29) is 43.8 Å². The van der Waals surface area contributed by atoms with Crippen LogP contribution in [0.2, 0.25) is 0 Å². The fourth-order valence-electron chi connectivity index (χ4n) is 5.27. The van der Waals surface area contributed by atoms with Gasteiger partial charge >= 0.3 is 6.03 Å². The molecule has 0 bridgehead atoms. The summed E-state index contributed by atoms with van der Waals surface area (Å²) in [5.41, 5.74) is 2.61. The third-order valence-corrected chi connectivity index (χ3v) is 7.66. The number of carbonyl (C=O) groups is 2. The first-order chi connectivity index (χ1) is 20.7. The highest BCUT2D eigenvalue weighted by Gasteiger charge is 2.31. The molecule has 10 nitrogen and oxygen atoms in total. The smallest absolute Gasteiger partial charge is 0.323 e. The van der Waals surface area contributed by atoms with Crippen molar-refractivity contribution in [1.82, 2.24) is 9.80 Å². The maximum Gasteiger partial charge on any atom is 0.323 e. The lowest BCUT2D eigenvalue weighted by molar-refractivity contribution is -0.134. The quantitative estimate of drug-likeness (QED) is 0.354. The van der Waals surface area contributed by atoms with Gasteiger partial charge in [0.2, 0.25) is 12.7 Å². The minimum absolute atomic E-state index is 0.0429. The molecule has 0 unspecified atom stereocenters. The van der Waals surface area contributed by atoms with Gasteiger partial charge in [-0.3, -0.25) is 9.69 Å². The number of amides is 3. The third kappa shape index (κ3) is 7.54. The summed E-state index contributed by atoms with van der Waals surface area (Å²) in [6.07, 6.45) is -0.237. The fourth-order valence-corrected chi connectivity index (χ4v) is 5.27. The van der Waals surface area contributed by atoms with Crippen LogP contribution in [0.4, 0.5) is 20.6 Å². The summed E-state index contributed by atoms with van der Waals surface area (Å²) in [5, 5.41) is 15.4. The van der Waals surface area contributed by atoms with Crippen LogP contribution in [-0.4, -0.2) is 72.5 Å². The Bertz CT molecular complexity index is 1450. The molecular weight excluding hydrogens is 555 g/mol. The minimum Gasteiger partial charge on any atom is -0.488 e. The van der Waals surface area contributed by atoms with E-state index in [4.69, 9.17) is 14.2 Å². The maximum atomic E-state index is 13.5. The van der Waals surface area contributed by atoms with Gasteiger partial charge in [-0.2, -0.15) is 0 Å². The monoisotopic (exact) mass is 592 g/mol. The normalized spacial score (nSPS) is 18.7. The Balaban J connectivity index is 1.34. The highest BCUT2D eigenvalue weighted by molar-refractivity contribution is 6.00. The number of benzene rings is 3. The Kier molecular flexibility index (Phi) is 9.32. The lowest BCUT2D eigenvalue weighted by Gasteiger charge is -2.34. The molecule has 0 saturated heterocycles. The second kappa shape index (κ2) is 13.3. The number of anilines is 2. The molecule has 0 saturated carbocycles. The van der Waals surface area contributed by atoms with Crippen LogP contribution in [0.1, 0.15) is 25.0 Å². The Morgan fingerprint density at radius 1 is 1.05 bits per heavy atom. The van der Waals surface area contributed by atoms with Gasteiger partial charge in [0.05, 0.1) is 19.1 Å². The fraction of sp³-hybridized carbons (Fsp3) is 0.375. The molecule has 3 aromatic carbocycles. The molecule has 0 aliphatic carbocycles. The molecule has 2 aliphatic rings. The SMILES string of the molecule is C[C@H]1CN([C@@H](C)CO)C(=O)Cc2cc(NC(=O)Nc3ccc(F)cc3)ccc2O[C@@H]1CN(C)Cc1ccc2c(c1)OCO2. The van der Waals surface area contributed by atoms with Crippen molar-refractivity contribution in [1.29, 1.82) is 0 Å². The van der Waals surface area contributed by atoms with Crippen LogP contribution in [0, 0.1) is 11.7 Å². The second-order valence-electron chi connectivity index (χ2n) is 11.2. The van der Waals surface area contributed by atoms with Crippen molar-refractivity contribution < 1.29 is 33.3 Å². The van der Waals surface area contributed by atoms with Gasteiger partial charge in [0.25, 0.3) is 0 Å². The van der Waals surface area contributed by atoms with E-state index in [2.05, 4.69) is 15.5 Å². The van der Waals surface area contributed by atoms with E-state index in [0.717, 1.165) is 17.1 Å². The van der Waals surface area contributed by atoms with Crippen LogP contribution in [0.15, 0.2) is 60.7 Å². The number of nitrogens with zero attached hydrogens (tertiary/aromatic N) is 2. The van der Waals surface area contributed by atoms with Crippen LogP contribution in [-0.2, 0) is 17.8 Å².